The Bertz CT molecular complexity index is 50.9. The van der Waals surface area contributed by atoms with Gasteiger partial charge < -0.3 is 0 Å². The minimum Gasteiger partial charge on any atom is -0.0860 e. The molecule has 0 nitrogen and oxygen atoms in total. The molecule has 0 bridgehead atoms. The van der Waals surface area contributed by atoms with Crippen LogP contribution in [-0.2, 0) is 0 Å². The molecule has 56 valence electrons. The Labute approximate surface area is 85.5 Å². The van der Waals surface area contributed by atoms with E-state index in [1.807, 2.05) is 0 Å². The van der Waals surface area contributed by atoms with Crippen molar-refractivity contribution < 1.29 is 0 Å². The first-order chi connectivity index (χ1) is 4.35. The summed E-state index contributed by atoms with van der Waals surface area (Å²) in [7, 11) is 0. The molecule has 9 heavy (non-hydrogen) atoms. The van der Waals surface area contributed by atoms with Crippen LogP contribution >= 0.6 is 45.2 Å². The van der Waals surface area contributed by atoms with Gasteiger partial charge in [-0.15, -0.1) is 0 Å². The van der Waals surface area contributed by atoms with Crippen LogP contribution in [0.5, 0.6) is 0 Å². The number of alkyl halides is 2. The average molecular weight is 352 g/mol. The van der Waals surface area contributed by atoms with Gasteiger partial charge in [-0.05, 0) is 12.3 Å². The highest BCUT2D eigenvalue weighted by atomic mass is 127. The molecular weight excluding hydrogens is 338 g/mol. The zero-order valence-electron chi connectivity index (χ0n) is 5.87. The standard InChI is InChI=1S/C7H14I2/c1-2-3-4-7(5-8)6-9/h7H,2-6H2,1H3. The van der Waals surface area contributed by atoms with Crippen LogP contribution < -0.4 is 0 Å². The van der Waals surface area contributed by atoms with Crippen LogP contribution in [0.25, 0.3) is 0 Å². The molecule has 0 heterocycles. The van der Waals surface area contributed by atoms with Gasteiger partial charge in [0.15, 0.2) is 0 Å². The second-order valence-corrected chi connectivity index (χ2v) is 4.08. The first-order valence-electron chi connectivity index (χ1n) is 3.47. The summed E-state index contributed by atoms with van der Waals surface area (Å²) in [4.78, 5) is 0. The zero-order valence-corrected chi connectivity index (χ0v) is 10.2. The van der Waals surface area contributed by atoms with Crippen LogP contribution in [0.1, 0.15) is 26.2 Å². The fourth-order valence-electron chi connectivity index (χ4n) is 0.688. The SMILES string of the molecule is CCCCC(CI)CI. The van der Waals surface area contributed by atoms with Crippen LogP contribution in [0.3, 0.4) is 0 Å². The van der Waals surface area contributed by atoms with Crippen LogP contribution in [0, 0.1) is 5.92 Å². The Balaban J connectivity index is 3.09. The van der Waals surface area contributed by atoms with Crippen molar-refractivity contribution >= 4 is 45.2 Å². The monoisotopic (exact) mass is 352 g/mol. The van der Waals surface area contributed by atoms with E-state index in [0.29, 0.717) is 0 Å². The van der Waals surface area contributed by atoms with E-state index in [-0.39, 0.29) is 0 Å². The molecule has 0 radical (unpaired) electrons. The Morgan fingerprint density at radius 2 is 1.78 bits per heavy atom. The van der Waals surface area contributed by atoms with E-state index < -0.39 is 0 Å². The normalized spacial score (nSPS) is 10.7. The van der Waals surface area contributed by atoms with Crippen LogP contribution in [0.4, 0.5) is 0 Å². The van der Waals surface area contributed by atoms with E-state index >= 15 is 0 Å². The van der Waals surface area contributed by atoms with E-state index in [4.69, 9.17) is 0 Å². The van der Waals surface area contributed by atoms with Gasteiger partial charge in [-0.25, -0.2) is 0 Å². The minimum absolute atomic E-state index is 0.978. The summed E-state index contributed by atoms with van der Waals surface area (Å²) in [6.45, 7) is 2.26. The molecule has 0 aromatic rings. The number of hydrogen-bond donors (Lipinski definition) is 0. The van der Waals surface area contributed by atoms with Gasteiger partial charge in [0.2, 0.25) is 0 Å². The first kappa shape index (κ1) is 10.5. The fraction of sp³-hybridized carbons (Fsp3) is 1.00. The minimum atomic E-state index is 0.978. The van der Waals surface area contributed by atoms with Crippen LogP contribution in [0.15, 0.2) is 0 Å². The highest BCUT2D eigenvalue weighted by Crippen LogP contribution is 2.13. The molecule has 0 atom stereocenters. The van der Waals surface area contributed by atoms with Crippen LogP contribution in [-0.4, -0.2) is 8.86 Å². The van der Waals surface area contributed by atoms with Gasteiger partial charge in [0.1, 0.15) is 0 Å². The third-order valence-electron chi connectivity index (χ3n) is 1.40. The van der Waals surface area contributed by atoms with Gasteiger partial charge in [-0.1, -0.05) is 64.9 Å². The van der Waals surface area contributed by atoms with Crippen molar-refractivity contribution in [3.8, 4) is 0 Å². The molecule has 0 aliphatic rings. The van der Waals surface area contributed by atoms with Gasteiger partial charge >= 0.3 is 0 Å². The predicted octanol–water partition coefficient (Wildman–Crippen LogP) is 3.66. The molecule has 0 N–H and O–H groups in total. The summed E-state index contributed by atoms with van der Waals surface area (Å²) < 4.78 is 2.67. The lowest BCUT2D eigenvalue weighted by molar-refractivity contribution is 0.577. The molecule has 0 saturated heterocycles. The second kappa shape index (κ2) is 7.57. The third kappa shape index (κ3) is 5.88. The molecule has 0 saturated carbocycles. The van der Waals surface area contributed by atoms with Gasteiger partial charge in [-0.2, -0.15) is 0 Å². The lowest BCUT2D eigenvalue weighted by atomic mass is 10.1. The number of unbranched alkanes of at least 4 members (excludes halogenated alkanes) is 1. The molecule has 0 unspecified atom stereocenters. The first-order valence-corrected chi connectivity index (χ1v) is 6.52. The molecule has 0 aromatic heterocycles. The number of rotatable bonds is 5. The summed E-state index contributed by atoms with van der Waals surface area (Å²) in [5.74, 6) is 0.978. The Kier molecular flexibility index (Phi) is 8.79. The topological polar surface area (TPSA) is 0 Å². The van der Waals surface area contributed by atoms with Crippen molar-refractivity contribution in [1.29, 1.82) is 0 Å². The van der Waals surface area contributed by atoms with Crippen molar-refractivity contribution in [2.24, 2.45) is 5.92 Å². The number of halogens is 2. The summed E-state index contributed by atoms with van der Waals surface area (Å²) >= 11 is 4.97. The molecule has 0 fully saturated rings. The molecule has 2 heteroatoms. The summed E-state index contributed by atoms with van der Waals surface area (Å²) in [5.41, 5.74) is 0. The maximum atomic E-state index is 2.48. The molecule has 0 aliphatic carbocycles. The molecule has 0 aromatic carbocycles. The smallest absolute Gasteiger partial charge is 0.00310 e. The maximum Gasteiger partial charge on any atom is 0.00310 e. The van der Waals surface area contributed by atoms with E-state index in [2.05, 4.69) is 52.1 Å². The van der Waals surface area contributed by atoms with Gasteiger partial charge in [0, 0.05) is 8.86 Å². The highest BCUT2D eigenvalue weighted by molar-refractivity contribution is 14.1. The fourth-order valence-corrected chi connectivity index (χ4v) is 3.38. The van der Waals surface area contributed by atoms with E-state index in [1.165, 1.54) is 28.1 Å². The summed E-state index contributed by atoms with van der Waals surface area (Å²) in [6, 6.07) is 0. The van der Waals surface area contributed by atoms with Crippen molar-refractivity contribution in [3.63, 3.8) is 0 Å². The van der Waals surface area contributed by atoms with Gasteiger partial charge in [-0.3, -0.25) is 0 Å². The predicted molar refractivity (Wildman–Crippen MR) is 60.8 cm³/mol. The van der Waals surface area contributed by atoms with Gasteiger partial charge in [0.05, 0.1) is 0 Å². The lowest BCUT2D eigenvalue weighted by Gasteiger charge is -2.07. The van der Waals surface area contributed by atoms with Gasteiger partial charge in [0.25, 0.3) is 0 Å². The maximum absolute atomic E-state index is 2.48. The van der Waals surface area contributed by atoms with Crippen molar-refractivity contribution in [2.75, 3.05) is 8.86 Å². The Morgan fingerprint density at radius 3 is 2.11 bits per heavy atom. The average Bonchev–Trinajstić information content (AvgIpc) is 1.91. The van der Waals surface area contributed by atoms with E-state index in [9.17, 15) is 0 Å². The molecule has 0 rings (SSSR count). The third-order valence-corrected chi connectivity index (χ3v) is 3.89. The molecule has 0 spiro atoms. The molecular formula is C7H14I2. The molecule has 0 amide bonds. The Hall–Kier alpha value is 1.46. The quantitative estimate of drug-likeness (QED) is 0.523. The molecule has 0 aliphatic heterocycles. The summed E-state index contributed by atoms with van der Waals surface area (Å²) in [5, 5.41) is 0. The second-order valence-electron chi connectivity index (χ2n) is 2.32. The van der Waals surface area contributed by atoms with Crippen molar-refractivity contribution in [3.05, 3.63) is 0 Å². The van der Waals surface area contributed by atoms with Crippen molar-refractivity contribution in [1.82, 2.24) is 0 Å². The lowest BCUT2D eigenvalue weighted by Crippen LogP contribution is -2.02. The highest BCUT2D eigenvalue weighted by Gasteiger charge is 2.02. The zero-order chi connectivity index (χ0) is 7.11. The van der Waals surface area contributed by atoms with Crippen LogP contribution in [0.2, 0.25) is 0 Å². The number of hydrogen-bond acceptors (Lipinski definition) is 0. The van der Waals surface area contributed by atoms with Crippen molar-refractivity contribution in [2.45, 2.75) is 26.2 Å². The summed E-state index contributed by atoms with van der Waals surface area (Å²) in [6.07, 6.45) is 4.20. The Morgan fingerprint density at radius 1 is 1.22 bits per heavy atom. The van der Waals surface area contributed by atoms with E-state index in [1.54, 1.807) is 0 Å². The van der Waals surface area contributed by atoms with E-state index in [0.717, 1.165) is 5.92 Å². The largest absolute Gasteiger partial charge is 0.0860 e.